The fourth-order valence-electron chi connectivity index (χ4n) is 2.21. The van der Waals surface area contributed by atoms with Crippen LogP contribution >= 0.6 is 0 Å². The van der Waals surface area contributed by atoms with Crippen molar-refractivity contribution >= 4 is 11.9 Å². The van der Waals surface area contributed by atoms with Crippen molar-refractivity contribution in [3.8, 4) is 0 Å². The molecule has 1 aliphatic heterocycles. The summed E-state index contributed by atoms with van der Waals surface area (Å²) in [5, 5.41) is 8.81. The van der Waals surface area contributed by atoms with E-state index in [9.17, 15) is 9.59 Å². The maximum Gasteiger partial charge on any atom is 0.323 e. The molecule has 0 spiro atoms. The Bertz CT molecular complexity index is 297. The summed E-state index contributed by atoms with van der Waals surface area (Å²) in [7, 11) is 0. The normalized spacial score (nSPS) is 18.0. The molecule has 0 saturated carbocycles. The van der Waals surface area contributed by atoms with E-state index in [1.807, 2.05) is 13.8 Å². The molecule has 1 rings (SSSR count). The maximum atomic E-state index is 12.1. The Morgan fingerprint density at radius 3 is 2.33 bits per heavy atom. The predicted octanol–water partition coefficient (Wildman–Crippen LogP) is 1.04. The van der Waals surface area contributed by atoms with Crippen LogP contribution in [0.4, 0.5) is 0 Å². The number of rotatable bonds is 5. The first kappa shape index (κ1) is 15.0. The molecular formula is C13H24N2O3. The van der Waals surface area contributed by atoms with Crippen LogP contribution in [-0.4, -0.2) is 59.0 Å². The lowest BCUT2D eigenvalue weighted by molar-refractivity contribution is -0.146. The van der Waals surface area contributed by atoms with Crippen molar-refractivity contribution in [3.05, 3.63) is 0 Å². The fraction of sp³-hybridized carbons (Fsp3) is 0.846. The Morgan fingerprint density at radius 2 is 1.89 bits per heavy atom. The van der Waals surface area contributed by atoms with Gasteiger partial charge in [0, 0.05) is 6.04 Å². The summed E-state index contributed by atoms with van der Waals surface area (Å²) >= 11 is 0. The van der Waals surface area contributed by atoms with E-state index in [2.05, 4.69) is 11.8 Å². The quantitative estimate of drug-likeness (QED) is 0.798. The highest BCUT2D eigenvalue weighted by Gasteiger charge is 2.23. The molecule has 0 radical (unpaired) electrons. The highest BCUT2D eigenvalue weighted by molar-refractivity contribution is 5.83. The fourth-order valence-corrected chi connectivity index (χ4v) is 2.21. The zero-order chi connectivity index (χ0) is 13.7. The Labute approximate surface area is 109 Å². The van der Waals surface area contributed by atoms with Gasteiger partial charge in [0.2, 0.25) is 5.91 Å². The second-order valence-electron chi connectivity index (χ2n) is 5.47. The van der Waals surface area contributed by atoms with Crippen molar-refractivity contribution < 1.29 is 14.7 Å². The van der Waals surface area contributed by atoms with Gasteiger partial charge in [0.15, 0.2) is 0 Å². The molecule has 0 unspecified atom stereocenters. The zero-order valence-corrected chi connectivity index (χ0v) is 11.6. The number of hydrogen-bond acceptors (Lipinski definition) is 3. The molecule has 1 saturated heterocycles. The summed E-state index contributed by atoms with van der Waals surface area (Å²) in [6.07, 6.45) is 2.24. The molecule has 18 heavy (non-hydrogen) atoms. The van der Waals surface area contributed by atoms with Crippen molar-refractivity contribution in [2.45, 2.75) is 39.7 Å². The Kier molecular flexibility index (Phi) is 5.59. The lowest BCUT2D eigenvalue weighted by Gasteiger charge is -2.32. The molecular weight excluding hydrogens is 232 g/mol. The summed E-state index contributed by atoms with van der Waals surface area (Å²) < 4.78 is 0. The van der Waals surface area contributed by atoms with Crippen LogP contribution < -0.4 is 0 Å². The molecule has 1 aliphatic rings. The molecule has 1 fully saturated rings. The van der Waals surface area contributed by atoms with E-state index in [1.165, 1.54) is 4.90 Å². The minimum Gasteiger partial charge on any atom is -0.480 e. The Hall–Kier alpha value is -1.10. The average Bonchev–Trinajstić information content (AvgIpc) is 2.28. The van der Waals surface area contributed by atoms with Gasteiger partial charge in [-0.3, -0.25) is 14.5 Å². The summed E-state index contributed by atoms with van der Waals surface area (Å²) in [4.78, 5) is 26.4. The van der Waals surface area contributed by atoms with Gasteiger partial charge < -0.3 is 10.0 Å². The number of carbonyl (C=O) groups excluding carboxylic acids is 1. The first-order valence-electron chi connectivity index (χ1n) is 6.63. The summed E-state index contributed by atoms with van der Waals surface area (Å²) in [5.74, 6) is -0.303. The van der Waals surface area contributed by atoms with Crippen molar-refractivity contribution in [2.24, 2.45) is 5.92 Å². The van der Waals surface area contributed by atoms with Crippen LogP contribution in [0.1, 0.15) is 33.6 Å². The van der Waals surface area contributed by atoms with Crippen LogP contribution in [0.5, 0.6) is 0 Å². The molecule has 1 amide bonds. The number of hydrogen-bond donors (Lipinski definition) is 1. The maximum absolute atomic E-state index is 12.1. The molecule has 104 valence electrons. The molecule has 0 aromatic carbocycles. The van der Waals surface area contributed by atoms with E-state index in [4.69, 9.17) is 5.11 Å². The number of carboxylic acids is 1. The summed E-state index contributed by atoms with van der Waals surface area (Å²) in [5.41, 5.74) is 0. The minimum atomic E-state index is -0.954. The number of piperidine rings is 1. The molecule has 5 nitrogen and oxygen atoms in total. The van der Waals surface area contributed by atoms with Crippen LogP contribution in [0, 0.1) is 5.92 Å². The molecule has 0 aromatic heterocycles. The van der Waals surface area contributed by atoms with E-state index >= 15 is 0 Å². The van der Waals surface area contributed by atoms with Crippen LogP contribution in [0.25, 0.3) is 0 Å². The average molecular weight is 256 g/mol. The molecule has 0 aliphatic carbocycles. The third kappa shape index (κ3) is 4.64. The first-order valence-corrected chi connectivity index (χ1v) is 6.63. The summed E-state index contributed by atoms with van der Waals surface area (Å²) in [6.45, 7) is 7.93. The number of nitrogens with zero attached hydrogens (tertiary/aromatic N) is 2. The van der Waals surface area contributed by atoms with Gasteiger partial charge in [-0.25, -0.2) is 0 Å². The Morgan fingerprint density at radius 1 is 1.33 bits per heavy atom. The number of carboxylic acid groups (broad SMARTS) is 1. The molecule has 1 N–H and O–H groups in total. The monoisotopic (exact) mass is 256 g/mol. The highest BCUT2D eigenvalue weighted by atomic mass is 16.4. The SMILES string of the molecule is CC1CCN(CC(=O)N(CC(=O)O)C(C)C)CC1. The predicted molar refractivity (Wildman–Crippen MR) is 69.3 cm³/mol. The summed E-state index contributed by atoms with van der Waals surface area (Å²) in [6, 6.07) is -0.0719. The van der Waals surface area contributed by atoms with Crippen molar-refractivity contribution in [3.63, 3.8) is 0 Å². The van der Waals surface area contributed by atoms with Gasteiger partial charge in [0.25, 0.3) is 0 Å². The van der Waals surface area contributed by atoms with Gasteiger partial charge in [-0.15, -0.1) is 0 Å². The molecule has 5 heteroatoms. The van der Waals surface area contributed by atoms with Crippen molar-refractivity contribution in [1.82, 2.24) is 9.80 Å². The third-order valence-corrected chi connectivity index (χ3v) is 3.48. The molecule has 0 aromatic rings. The van der Waals surface area contributed by atoms with E-state index < -0.39 is 5.97 Å². The van der Waals surface area contributed by atoms with E-state index in [-0.39, 0.29) is 18.5 Å². The van der Waals surface area contributed by atoms with Gasteiger partial charge >= 0.3 is 5.97 Å². The second-order valence-corrected chi connectivity index (χ2v) is 5.47. The third-order valence-electron chi connectivity index (χ3n) is 3.48. The van der Waals surface area contributed by atoms with Gasteiger partial charge in [-0.2, -0.15) is 0 Å². The standard InChI is InChI=1S/C13H24N2O3/c1-10(2)15(9-13(17)18)12(16)8-14-6-4-11(3)5-7-14/h10-11H,4-9H2,1-3H3,(H,17,18). The lowest BCUT2D eigenvalue weighted by Crippen LogP contribution is -2.47. The number of amides is 1. The number of aliphatic carboxylic acids is 1. The molecule has 0 atom stereocenters. The van der Waals surface area contributed by atoms with E-state index in [0.29, 0.717) is 6.54 Å². The van der Waals surface area contributed by atoms with Gasteiger partial charge in [-0.1, -0.05) is 6.92 Å². The van der Waals surface area contributed by atoms with Gasteiger partial charge in [-0.05, 0) is 45.7 Å². The second kappa shape index (κ2) is 6.73. The smallest absolute Gasteiger partial charge is 0.323 e. The van der Waals surface area contributed by atoms with E-state index in [0.717, 1.165) is 31.8 Å². The number of likely N-dealkylation sites (tertiary alicyclic amines) is 1. The van der Waals surface area contributed by atoms with E-state index in [1.54, 1.807) is 0 Å². The lowest BCUT2D eigenvalue weighted by atomic mass is 9.99. The molecule has 1 heterocycles. The largest absolute Gasteiger partial charge is 0.480 e. The van der Waals surface area contributed by atoms with Gasteiger partial charge in [0.05, 0.1) is 6.54 Å². The minimum absolute atomic E-state index is 0.0719. The van der Waals surface area contributed by atoms with Gasteiger partial charge in [0.1, 0.15) is 6.54 Å². The number of carbonyl (C=O) groups is 2. The van der Waals surface area contributed by atoms with Crippen LogP contribution in [0.3, 0.4) is 0 Å². The topological polar surface area (TPSA) is 60.9 Å². The Balaban J connectivity index is 2.48. The zero-order valence-electron chi connectivity index (χ0n) is 11.6. The van der Waals surface area contributed by atoms with Crippen LogP contribution in [-0.2, 0) is 9.59 Å². The molecule has 0 bridgehead atoms. The highest BCUT2D eigenvalue weighted by Crippen LogP contribution is 2.16. The van der Waals surface area contributed by atoms with Crippen LogP contribution in [0.15, 0.2) is 0 Å². The van der Waals surface area contributed by atoms with Crippen LogP contribution in [0.2, 0.25) is 0 Å². The first-order chi connectivity index (χ1) is 8.40. The van der Waals surface area contributed by atoms with Crippen molar-refractivity contribution in [1.29, 1.82) is 0 Å². The van der Waals surface area contributed by atoms with Crippen molar-refractivity contribution in [2.75, 3.05) is 26.2 Å².